The van der Waals surface area contributed by atoms with E-state index in [0.29, 0.717) is 17.9 Å². The molecule has 1 aliphatic rings. The lowest BCUT2D eigenvalue weighted by Gasteiger charge is -2.23. The summed E-state index contributed by atoms with van der Waals surface area (Å²) in [5.74, 6) is -0.480. The fourth-order valence-electron chi connectivity index (χ4n) is 2.60. The molecule has 1 atom stereocenters. The van der Waals surface area contributed by atoms with E-state index in [1.54, 1.807) is 12.1 Å². The summed E-state index contributed by atoms with van der Waals surface area (Å²) >= 11 is 0. The minimum Gasteiger partial charge on any atom is -0.420 e. The van der Waals surface area contributed by atoms with Crippen LogP contribution in [-0.2, 0) is 6.42 Å². The van der Waals surface area contributed by atoms with E-state index in [2.05, 4.69) is 16.3 Å². The maximum atomic E-state index is 13.5. The number of hydrogen-bond acceptors (Lipinski definition) is 4. The molecular weight excluding hydrogens is 271 g/mol. The molecule has 106 valence electrons. The Hall–Kier alpha value is -2.81. The van der Waals surface area contributed by atoms with E-state index < -0.39 is 5.92 Å². The van der Waals surface area contributed by atoms with Crippen LogP contribution in [0.4, 0.5) is 4.39 Å². The molecule has 3 N–H and O–H groups in total. The molecule has 1 aromatic heterocycles. The van der Waals surface area contributed by atoms with Gasteiger partial charge in [-0.15, -0.1) is 5.10 Å². The van der Waals surface area contributed by atoms with Gasteiger partial charge in [0, 0.05) is 11.3 Å². The number of benzene rings is 1. The first-order valence-electron chi connectivity index (χ1n) is 6.55. The lowest BCUT2D eigenvalue weighted by molar-refractivity contribution is 0.378. The summed E-state index contributed by atoms with van der Waals surface area (Å²) in [6.07, 6.45) is 0.691. The minimum atomic E-state index is -0.469. The highest BCUT2D eigenvalue weighted by molar-refractivity contribution is 5.55. The average molecular weight is 284 g/mol. The monoisotopic (exact) mass is 284 g/mol. The molecule has 1 aromatic carbocycles. The highest BCUT2D eigenvalue weighted by Gasteiger charge is 2.34. The molecule has 1 unspecified atom stereocenters. The third-order valence-corrected chi connectivity index (χ3v) is 3.55. The third-order valence-electron chi connectivity index (χ3n) is 3.55. The molecule has 21 heavy (non-hydrogen) atoms. The smallest absolute Gasteiger partial charge is 0.244 e. The van der Waals surface area contributed by atoms with Gasteiger partial charge in [-0.1, -0.05) is 19.1 Å². The van der Waals surface area contributed by atoms with Crippen LogP contribution in [0.15, 0.2) is 35.7 Å². The fraction of sp³-hybridized carbons (Fsp3) is 0.200. The summed E-state index contributed by atoms with van der Waals surface area (Å²) in [6.45, 7) is 1.96. The van der Waals surface area contributed by atoms with Crippen LogP contribution in [0.2, 0.25) is 0 Å². The van der Waals surface area contributed by atoms with Crippen molar-refractivity contribution in [3.63, 3.8) is 0 Å². The molecule has 0 saturated heterocycles. The Labute approximate surface area is 120 Å². The van der Waals surface area contributed by atoms with E-state index in [-0.39, 0.29) is 17.3 Å². The van der Waals surface area contributed by atoms with Crippen LogP contribution in [0.1, 0.15) is 29.7 Å². The zero-order valence-electron chi connectivity index (χ0n) is 11.4. The molecule has 1 aliphatic heterocycles. The van der Waals surface area contributed by atoms with Crippen molar-refractivity contribution in [1.82, 2.24) is 10.2 Å². The van der Waals surface area contributed by atoms with Crippen LogP contribution in [-0.4, -0.2) is 10.2 Å². The van der Waals surface area contributed by atoms with E-state index in [1.807, 2.05) is 6.92 Å². The van der Waals surface area contributed by atoms with Crippen molar-refractivity contribution in [2.75, 3.05) is 0 Å². The molecule has 0 amide bonds. The molecule has 0 bridgehead atoms. The second kappa shape index (κ2) is 4.94. The van der Waals surface area contributed by atoms with Crippen LogP contribution >= 0.6 is 0 Å². The highest BCUT2D eigenvalue weighted by Crippen LogP contribution is 2.42. The van der Waals surface area contributed by atoms with E-state index in [9.17, 15) is 9.65 Å². The number of fused-ring (bicyclic) bond motifs is 1. The van der Waals surface area contributed by atoms with Crippen LogP contribution in [0.25, 0.3) is 0 Å². The van der Waals surface area contributed by atoms with Gasteiger partial charge in [-0.05, 0) is 24.1 Å². The van der Waals surface area contributed by atoms with Gasteiger partial charge < -0.3 is 10.5 Å². The largest absolute Gasteiger partial charge is 0.420 e. The van der Waals surface area contributed by atoms with Gasteiger partial charge in [-0.3, -0.25) is 5.10 Å². The number of nitrogens with two attached hydrogens (primary N) is 1. The Morgan fingerprint density at radius 2 is 2.33 bits per heavy atom. The number of nitrogens with one attached hydrogen (secondary N) is 1. The molecular formula is C15H13FN4O. The quantitative estimate of drug-likeness (QED) is 0.886. The van der Waals surface area contributed by atoms with Gasteiger partial charge in [0.2, 0.25) is 11.8 Å². The molecule has 0 radical (unpaired) electrons. The summed E-state index contributed by atoms with van der Waals surface area (Å²) in [7, 11) is 0. The van der Waals surface area contributed by atoms with Crippen molar-refractivity contribution in [3.05, 3.63) is 58.4 Å². The van der Waals surface area contributed by atoms with Crippen molar-refractivity contribution in [2.24, 2.45) is 5.73 Å². The number of H-pyrrole nitrogens is 1. The fourth-order valence-corrected chi connectivity index (χ4v) is 2.60. The topological polar surface area (TPSA) is 87.7 Å². The number of ether oxygens (including phenoxy) is 1. The lowest BCUT2D eigenvalue weighted by atomic mass is 9.83. The number of nitrogens with zero attached hydrogens (tertiary/aromatic N) is 2. The summed E-state index contributed by atoms with van der Waals surface area (Å²) in [6, 6.07) is 8.20. The Morgan fingerprint density at radius 1 is 1.52 bits per heavy atom. The van der Waals surface area contributed by atoms with E-state index in [1.165, 1.54) is 12.1 Å². The second-order valence-electron chi connectivity index (χ2n) is 4.75. The van der Waals surface area contributed by atoms with E-state index in [0.717, 1.165) is 11.3 Å². The molecule has 0 spiro atoms. The zero-order valence-corrected chi connectivity index (χ0v) is 11.4. The Balaban J connectivity index is 2.25. The van der Waals surface area contributed by atoms with Crippen LogP contribution < -0.4 is 10.5 Å². The standard InChI is InChI=1S/C15H13FN4O/c1-2-11-13-12(8-4-3-5-9(16)6-8)10(7-17)14(18)21-15(13)20-19-11/h3-6,12H,2,18H2,1H3,(H,19,20). The number of nitriles is 1. The van der Waals surface area contributed by atoms with Crippen molar-refractivity contribution in [1.29, 1.82) is 5.26 Å². The van der Waals surface area contributed by atoms with Gasteiger partial charge in [0.1, 0.15) is 17.5 Å². The van der Waals surface area contributed by atoms with Crippen molar-refractivity contribution < 1.29 is 9.13 Å². The average Bonchev–Trinajstić information content (AvgIpc) is 2.88. The van der Waals surface area contributed by atoms with Gasteiger partial charge in [-0.2, -0.15) is 5.26 Å². The number of halogens is 1. The van der Waals surface area contributed by atoms with Gasteiger partial charge in [0.15, 0.2) is 0 Å². The zero-order chi connectivity index (χ0) is 15.0. The second-order valence-corrected chi connectivity index (χ2v) is 4.75. The van der Waals surface area contributed by atoms with Gasteiger partial charge in [0.25, 0.3) is 0 Å². The maximum absolute atomic E-state index is 13.5. The summed E-state index contributed by atoms with van der Waals surface area (Å²) in [5, 5.41) is 16.4. The Kier molecular flexibility index (Phi) is 3.10. The van der Waals surface area contributed by atoms with Crippen molar-refractivity contribution >= 4 is 0 Å². The minimum absolute atomic E-state index is 0.00779. The summed E-state index contributed by atoms with van der Waals surface area (Å²) in [5.41, 5.74) is 8.32. The van der Waals surface area contributed by atoms with Crippen LogP contribution in [0, 0.1) is 17.1 Å². The van der Waals surface area contributed by atoms with Crippen LogP contribution in [0.5, 0.6) is 5.88 Å². The van der Waals surface area contributed by atoms with Gasteiger partial charge >= 0.3 is 0 Å². The first kappa shape index (κ1) is 13.2. The molecule has 0 aliphatic carbocycles. The normalized spacial score (nSPS) is 17.1. The lowest BCUT2D eigenvalue weighted by Crippen LogP contribution is -2.21. The number of rotatable bonds is 2. The van der Waals surface area contributed by atoms with E-state index >= 15 is 0 Å². The molecule has 5 nitrogen and oxygen atoms in total. The Morgan fingerprint density at radius 3 is 3.00 bits per heavy atom. The molecule has 3 rings (SSSR count). The first-order chi connectivity index (χ1) is 10.2. The third kappa shape index (κ3) is 2.03. The molecule has 2 heterocycles. The van der Waals surface area contributed by atoms with Crippen molar-refractivity contribution in [2.45, 2.75) is 19.3 Å². The molecule has 0 saturated carbocycles. The summed E-state index contributed by atoms with van der Waals surface area (Å²) in [4.78, 5) is 0. The predicted molar refractivity (Wildman–Crippen MR) is 73.7 cm³/mol. The SMILES string of the molecule is CCc1[nH]nc2c1C(c1cccc(F)c1)C(C#N)=C(N)O2. The van der Waals surface area contributed by atoms with Crippen LogP contribution in [0.3, 0.4) is 0 Å². The van der Waals surface area contributed by atoms with Crippen molar-refractivity contribution in [3.8, 4) is 11.9 Å². The van der Waals surface area contributed by atoms with E-state index in [4.69, 9.17) is 10.5 Å². The number of allylic oxidation sites excluding steroid dienone is 1. The molecule has 2 aromatic rings. The summed E-state index contributed by atoms with van der Waals surface area (Å²) < 4.78 is 18.9. The van der Waals surface area contributed by atoms with Gasteiger partial charge in [-0.25, -0.2) is 4.39 Å². The number of hydrogen-bond donors (Lipinski definition) is 2. The first-order valence-corrected chi connectivity index (χ1v) is 6.55. The number of aryl methyl sites for hydroxylation is 1. The molecule has 6 heteroatoms. The number of aromatic amines is 1. The van der Waals surface area contributed by atoms with Gasteiger partial charge in [0.05, 0.1) is 5.92 Å². The number of aromatic nitrogens is 2. The Bertz CT molecular complexity index is 772. The highest BCUT2D eigenvalue weighted by atomic mass is 19.1. The molecule has 0 fully saturated rings. The predicted octanol–water partition coefficient (Wildman–Crippen LogP) is 2.33. The maximum Gasteiger partial charge on any atom is 0.244 e.